The van der Waals surface area contributed by atoms with E-state index in [9.17, 15) is 9.59 Å². The van der Waals surface area contributed by atoms with Gasteiger partial charge in [-0.15, -0.1) is 0 Å². The molecule has 48 heavy (non-hydrogen) atoms. The number of nitrogens with zero attached hydrogens (tertiary/aromatic N) is 3. The summed E-state index contributed by atoms with van der Waals surface area (Å²) in [4.78, 5) is 31.5. The molecular weight excluding hydrogens is 628 g/mol. The number of rotatable bonds is 12. The van der Waals surface area contributed by atoms with Crippen LogP contribution in [0.1, 0.15) is 96.4 Å². The van der Waals surface area contributed by atoms with E-state index in [1.807, 2.05) is 6.92 Å². The zero-order valence-electron chi connectivity index (χ0n) is 30.5. The number of nitrogen functional groups attached to an aromatic ring is 1. The number of pyridine rings is 1. The lowest BCUT2D eigenvalue weighted by Crippen LogP contribution is -2.54. The molecule has 0 aromatic carbocycles. The second-order valence-corrected chi connectivity index (χ2v) is 21.8. The Kier molecular flexibility index (Phi) is 12.7. The minimum Gasteiger partial charge on any atom is -0.444 e. The zero-order valence-corrected chi connectivity index (χ0v) is 31.5. The molecule has 0 aliphatic heterocycles. The summed E-state index contributed by atoms with van der Waals surface area (Å²) in [5, 5.41) is 10.4. The van der Waals surface area contributed by atoms with E-state index >= 15 is 4.39 Å². The highest BCUT2D eigenvalue weighted by Gasteiger charge is 2.42. The zero-order chi connectivity index (χ0) is 35.2. The third kappa shape index (κ3) is 10.3. The second-order valence-electron chi connectivity index (χ2n) is 16.1. The standard InChI is InChI=1S/C36H59FN6O4Si/c1-23-29(24(2)43(42-23)22-46-19-20-48(6,7)8)31-27(38)21-28(39-33(31)37)40-34(44)32(41-35(45)47-36(3,4)5)30(25-15-11-9-12-16-25)26-17-13-10-14-18-26/h21,25-26,30,32H,9-20,22H2,1-8H3,(H,41,45)(H3,38,39,40,44). The number of nitrogens with one attached hydrogen (secondary N) is 2. The lowest BCUT2D eigenvalue weighted by Gasteiger charge is -2.42. The smallest absolute Gasteiger partial charge is 0.408 e. The number of anilines is 2. The fourth-order valence-electron chi connectivity index (χ4n) is 7.50. The normalized spacial score (nSPS) is 17.4. The molecule has 10 nitrogen and oxygen atoms in total. The third-order valence-corrected chi connectivity index (χ3v) is 11.5. The highest BCUT2D eigenvalue weighted by molar-refractivity contribution is 6.76. The van der Waals surface area contributed by atoms with Gasteiger partial charge in [-0.3, -0.25) is 4.79 Å². The number of hydrogen-bond acceptors (Lipinski definition) is 7. The summed E-state index contributed by atoms with van der Waals surface area (Å²) in [5.74, 6) is -0.708. The Hall–Kier alpha value is -2.99. The van der Waals surface area contributed by atoms with E-state index in [0.717, 1.165) is 57.4 Å². The van der Waals surface area contributed by atoms with Crippen molar-refractivity contribution in [3.05, 3.63) is 23.4 Å². The van der Waals surface area contributed by atoms with Crippen LogP contribution in [-0.2, 0) is 21.0 Å². The van der Waals surface area contributed by atoms with Gasteiger partial charge in [0.15, 0.2) is 0 Å². The maximum Gasteiger partial charge on any atom is 0.408 e. The predicted molar refractivity (Wildman–Crippen MR) is 192 cm³/mol. The van der Waals surface area contributed by atoms with Crippen LogP contribution in [0.4, 0.5) is 20.7 Å². The van der Waals surface area contributed by atoms with E-state index < -0.39 is 37.7 Å². The monoisotopic (exact) mass is 686 g/mol. The van der Waals surface area contributed by atoms with Gasteiger partial charge >= 0.3 is 6.09 Å². The van der Waals surface area contributed by atoms with Crippen LogP contribution in [0.3, 0.4) is 0 Å². The molecular formula is C36H59FN6O4Si. The molecule has 1 unspecified atom stereocenters. The van der Waals surface area contributed by atoms with E-state index in [1.54, 1.807) is 32.4 Å². The number of halogens is 1. The number of aryl methyl sites for hydroxylation is 1. The van der Waals surface area contributed by atoms with E-state index in [4.69, 9.17) is 15.2 Å². The minimum absolute atomic E-state index is 0.00171. The summed E-state index contributed by atoms with van der Waals surface area (Å²) in [6.45, 7) is 16.9. The van der Waals surface area contributed by atoms with Crippen LogP contribution in [0, 0.1) is 37.5 Å². The van der Waals surface area contributed by atoms with Crippen LogP contribution in [0.15, 0.2) is 6.07 Å². The molecule has 2 aromatic heterocycles. The van der Waals surface area contributed by atoms with Crippen LogP contribution in [0.2, 0.25) is 25.7 Å². The lowest BCUT2D eigenvalue weighted by atomic mass is 9.66. The molecule has 2 fully saturated rings. The molecule has 4 N–H and O–H groups in total. The van der Waals surface area contributed by atoms with E-state index in [2.05, 4.69) is 40.4 Å². The van der Waals surface area contributed by atoms with Gasteiger partial charge in [0, 0.05) is 37.7 Å². The van der Waals surface area contributed by atoms with Gasteiger partial charge < -0.3 is 25.8 Å². The Labute approximate surface area is 287 Å². The highest BCUT2D eigenvalue weighted by atomic mass is 28.3. The fraction of sp³-hybridized carbons (Fsp3) is 0.722. The number of nitrogens with two attached hydrogens (primary N) is 1. The van der Waals surface area contributed by atoms with Gasteiger partial charge in [-0.1, -0.05) is 83.8 Å². The van der Waals surface area contributed by atoms with Gasteiger partial charge in [0.25, 0.3) is 0 Å². The first-order chi connectivity index (χ1) is 22.5. The summed E-state index contributed by atoms with van der Waals surface area (Å²) in [6.07, 6.45) is 10.2. The Morgan fingerprint density at radius 3 is 2.12 bits per heavy atom. The average molecular weight is 687 g/mol. The van der Waals surface area contributed by atoms with Crippen molar-refractivity contribution >= 4 is 31.6 Å². The molecule has 2 saturated carbocycles. The van der Waals surface area contributed by atoms with Crippen LogP contribution in [-0.4, -0.2) is 53.1 Å². The minimum atomic E-state index is -1.24. The van der Waals surface area contributed by atoms with Gasteiger partial charge in [0.2, 0.25) is 11.9 Å². The quantitative estimate of drug-likeness (QED) is 0.116. The van der Waals surface area contributed by atoms with Crippen molar-refractivity contribution in [3.63, 3.8) is 0 Å². The number of hydrogen-bond donors (Lipinski definition) is 3. The van der Waals surface area contributed by atoms with Crippen LogP contribution in [0.5, 0.6) is 0 Å². The fourth-order valence-corrected chi connectivity index (χ4v) is 8.26. The summed E-state index contributed by atoms with van der Waals surface area (Å²) < 4.78 is 29.1. The molecule has 12 heteroatoms. The Balaban J connectivity index is 1.60. The van der Waals surface area contributed by atoms with Crippen molar-refractivity contribution in [3.8, 4) is 11.1 Å². The molecule has 2 aliphatic carbocycles. The molecule has 2 heterocycles. The number of ether oxygens (including phenoxy) is 2. The summed E-state index contributed by atoms with van der Waals surface area (Å²) in [6, 6.07) is 1.66. The van der Waals surface area contributed by atoms with E-state index in [0.29, 0.717) is 35.4 Å². The van der Waals surface area contributed by atoms with Crippen molar-refractivity contribution in [1.29, 1.82) is 0 Å². The van der Waals surface area contributed by atoms with E-state index in [1.165, 1.54) is 18.9 Å². The lowest BCUT2D eigenvalue weighted by molar-refractivity contribution is -0.121. The van der Waals surface area contributed by atoms with Crippen molar-refractivity contribution in [1.82, 2.24) is 20.1 Å². The van der Waals surface area contributed by atoms with Gasteiger partial charge in [0.1, 0.15) is 24.2 Å². The van der Waals surface area contributed by atoms with Gasteiger partial charge in [-0.05, 0) is 58.4 Å². The topological polar surface area (TPSA) is 133 Å². The average Bonchev–Trinajstić information content (AvgIpc) is 3.26. The Morgan fingerprint density at radius 1 is 1.02 bits per heavy atom. The summed E-state index contributed by atoms with van der Waals surface area (Å²) in [5.41, 5.74) is 7.91. The van der Waals surface area contributed by atoms with Crippen LogP contribution < -0.4 is 16.4 Å². The molecule has 268 valence electrons. The van der Waals surface area contributed by atoms with Gasteiger partial charge in [-0.2, -0.15) is 9.49 Å². The molecule has 0 radical (unpaired) electrons. The second kappa shape index (κ2) is 16.1. The first-order valence-corrected chi connectivity index (χ1v) is 21.6. The molecule has 0 bridgehead atoms. The molecule has 2 aliphatic rings. The van der Waals surface area contributed by atoms with Crippen molar-refractivity contribution in [2.24, 2.45) is 17.8 Å². The maximum absolute atomic E-state index is 15.9. The number of carbonyl (C=O) groups excluding carboxylic acids is 2. The van der Waals surface area contributed by atoms with Crippen LogP contribution >= 0.6 is 0 Å². The largest absolute Gasteiger partial charge is 0.444 e. The van der Waals surface area contributed by atoms with E-state index in [-0.39, 0.29) is 29.7 Å². The number of alkyl carbamates (subject to hydrolysis) is 1. The van der Waals surface area contributed by atoms with Crippen molar-refractivity contribution in [2.75, 3.05) is 17.7 Å². The summed E-state index contributed by atoms with van der Waals surface area (Å²) in [7, 11) is -1.24. The molecule has 4 rings (SSSR count). The van der Waals surface area contributed by atoms with Crippen molar-refractivity contribution in [2.45, 2.75) is 143 Å². The number of aromatic nitrogens is 3. The Bertz CT molecular complexity index is 1370. The maximum atomic E-state index is 15.9. The van der Waals surface area contributed by atoms with Crippen LogP contribution in [0.25, 0.3) is 11.1 Å². The van der Waals surface area contributed by atoms with Crippen molar-refractivity contribution < 1.29 is 23.5 Å². The highest BCUT2D eigenvalue weighted by Crippen LogP contribution is 2.42. The molecule has 0 spiro atoms. The third-order valence-electron chi connectivity index (χ3n) is 9.83. The summed E-state index contributed by atoms with van der Waals surface area (Å²) >= 11 is 0. The predicted octanol–water partition coefficient (Wildman–Crippen LogP) is 8.20. The van der Waals surface area contributed by atoms with Gasteiger partial charge in [0.05, 0.1) is 11.3 Å². The molecule has 1 atom stereocenters. The molecule has 2 aromatic rings. The van der Waals surface area contributed by atoms with Gasteiger partial charge in [-0.25, -0.2) is 14.5 Å². The number of carbonyl (C=O) groups is 2. The number of amides is 2. The Morgan fingerprint density at radius 2 is 1.60 bits per heavy atom. The first kappa shape index (κ1) is 37.8. The molecule has 0 saturated heterocycles. The SMILES string of the molecule is Cc1nn(COCC[Si](C)(C)C)c(C)c1-c1c(N)cc(NC(=O)C(NC(=O)OC(C)(C)C)C(C2CCCCC2)C2CCCCC2)nc1F. The molecule has 2 amide bonds. The first-order valence-electron chi connectivity index (χ1n) is 17.9.